The van der Waals surface area contributed by atoms with Gasteiger partial charge in [-0.2, -0.15) is 0 Å². The highest BCUT2D eigenvalue weighted by Crippen LogP contribution is 2.40. The van der Waals surface area contributed by atoms with Gasteiger partial charge in [-0.3, -0.25) is 9.59 Å². The standard InChI is InChI=1S/C22H23NO6/c1-4-11-29-17-10-7-14(13-18(17)27-3)20-19(21(25)22(26)23(20)2)16(24)9-8-15-6-5-12-28-15/h5-10,12-13,20,25H,4,11H2,1-3H3/b9-8+. The second kappa shape index (κ2) is 8.68. The van der Waals surface area contributed by atoms with E-state index in [4.69, 9.17) is 13.9 Å². The summed E-state index contributed by atoms with van der Waals surface area (Å²) in [6, 6.07) is 7.85. The van der Waals surface area contributed by atoms with Crippen LogP contribution >= 0.6 is 0 Å². The first-order valence-corrected chi connectivity index (χ1v) is 9.24. The predicted octanol–water partition coefficient (Wildman–Crippen LogP) is 3.68. The van der Waals surface area contributed by atoms with Gasteiger partial charge in [0.25, 0.3) is 5.91 Å². The molecule has 1 amide bonds. The van der Waals surface area contributed by atoms with E-state index < -0.39 is 23.5 Å². The fourth-order valence-electron chi connectivity index (χ4n) is 3.18. The molecule has 0 saturated heterocycles. The molecule has 29 heavy (non-hydrogen) atoms. The number of aliphatic hydroxyl groups is 1. The summed E-state index contributed by atoms with van der Waals surface area (Å²) in [5.41, 5.74) is 0.630. The van der Waals surface area contributed by atoms with E-state index >= 15 is 0 Å². The lowest BCUT2D eigenvalue weighted by atomic mass is 9.95. The number of furan rings is 1. The maximum absolute atomic E-state index is 12.8. The van der Waals surface area contributed by atoms with Crippen molar-refractivity contribution >= 4 is 17.8 Å². The number of likely N-dealkylation sites (N-methyl/N-ethyl adjacent to an activating group) is 1. The normalized spacial score (nSPS) is 16.7. The average Bonchev–Trinajstić information content (AvgIpc) is 3.33. The number of nitrogens with zero attached hydrogens (tertiary/aromatic N) is 1. The first-order chi connectivity index (χ1) is 14.0. The SMILES string of the molecule is CCCOc1ccc(C2C(C(=O)/C=C/c3ccco3)=C(O)C(=O)N2C)cc1OC. The Bertz CT molecular complexity index is 958. The number of aliphatic hydroxyl groups excluding tert-OH is 1. The summed E-state index contributed by atoms with van der Waals surface area (Å²) in [5, 5.41) is 10.3. The van der Waals surface area contributed by atoms with E-state index in [0.717, 1.165) is 6.42 Å². The number of carbonyl (C=O) groups is 2. The number of ketones is 1. The van der Waals surface area contributed by atoms with Crippen molar-refractivity contribution in [2.24, 2.45) is 0 Å². The zero-order chi connectivity index (χ0) is 21.0. The Morgan fingerprint density at radius 1 is 1.31 bits per heavy atom. The fraction of sp³-hybridized carbons (Fsp3) is 0.273. The summed E-state index contributed by atoms with van der Waals surface area (Å²) in [7, 11) is 3.06. The largest absolute Gasteiger partial charge is 0.503 e. The van der Waals surface area contributed by atoms with E-state index in [1.165, 1.54) is 37.5 Å². The van der Waals surface area contributed by atoms with Crippen molar-refractivity contribution in [2.45, 2.75) is 19.4 Å². The topological polar surface area (TPSA) is 89.2 Å². The highest BCUT2D eigenvalue weighted by atomic mass is 16.5. The molecule has 2 heterocycles. The third-order valence-electron chi connectivity index (χ3n) is 4.61. The molecule has 1 aromatic heterocycles. The predicted molar refractivity (Wildman–Crippen MR) is 107 cm³/mol. The van der Waals surface area contributed by atoms with Crippen LogP contribution in [-0.4, -0.2) is 42.5 Å². The molecule has 0 saturated carbocycles. The number of allylic oxidation sites excluding steroid dienone is 1. The number of rotatable bonds is 8. The summed E-state index contributed by atoms with van der Waals surface area (Å²) in [6.45, 7) is 2.54. The zero-order valence-electron chi connectivity index (χ0n) is 16.5. The van der Waals surface area contributed by atoms with Gasteiger partial charge in [-0.25, -0.2) is 0 Å². The highest BCUT2D eigenvalue weighted by Gasteiger charge is 2.41. The number of hydrogen-bond acceptors (Lipinski definition) is 6. The van der Waals surface area contributed by atoms with E-state index in [-0.39, 0.29) is 5.57 Å². The van der Waals surface area contributed by atoms with Crippen LogP contribution < -0.4 is 9.47 Å². The van der Waals surface area contributed by atoms with Gasteiger partial charge in [0.2, 0.25) is 0 Å². The van der Waals surface area contributed by atoms with Crippen LogP contribution in [0.5, 0.6) is 11.5 Å². The van der Waals surface area contributed by atoms with Crippen LogP contribution in [-0.2, 0) is 9.59 Å². The number of ether oxygens (including phenoxy) is 2. The van der Waals surface area contributed by atoms with Gasteiger partial charge in [-0.1, -0.05) is 13.0 Å². The van der Waals surface area contributed by atoms with Crippen molar-refractivity contribution in [1.29, 1.82) is 0 Å². The monoisotopic (exact) mass is 397 g/mol. The van der Waals surface area contributed by atoms with Crippen LogP contribution in [0.2, 0.25) is 0 Å². The van der Waals surface area contributed by atoms with Gasteiger partial charge >= 0.3 is 0 Å². The van der Waals surface area contributed by atoms with E-state index in [2.05, 4.69) is 0 Å². The van der Waals surface area contributed by atoms with Gasteiger partial charge in [0, 0.05) is 7.05 Å². The summed E-state index contributed by atoms with van der Waals surface area (Å²) in [5.74, 6) is -0.101. The van der Waals surface area contributed by atoms with Crippen LogP contribution in [0, 0.1) is 0 Å². The van der Waals surface area contributed by atoms with Crippen molar-refractivity contribution in [3.8, 4) is 11.5 Å². The van der Waals surface area contributed by atoms with Gasteiger partial charge in [-0.15, -0.1) is 0 Å². The fourth-order valence-corrected chi connectivity index (χ4v) is 3.18. The molecule has 1 aliphatic heterocycles. The highest BCUT2D eigenvalue weighted by molar-refractivity contribution is 6.14. The molecule has 0 fully saturated rings. The lowest BCUT2D eigenvalue weighted by Crippen LogP contribution is -2.26. The van der Waals surface area contributed by atoms with Gasteiger partial charge in [0.15, 0.2) is 23.0 Å². The quantitative estimate of drug-likeness (QED) is 0.684. The van der Waals surface area contributed by atoms with Crippen molar-refractivity contribution in [2.75, 3.05) is 20.8 Å². The zero-order valence-corrected chi connectivity index (χ0v) is 16.5. The minimum absolute atomic E-state index is 0.00425. The molecule has 1 unspecified atom stereocenters. The number of methoxy groups -OCH3 is 1. The first kappa shape index (κ1) is 20.3. The maximum Gasteiger partial charge on any atom is 0.289 e. The van der Waals surface area contributed by atoms with Gasteiger partial charge in [-0.05, 0) is 48.4 Å². The van der Waals surface area contributed by atoms with E-state index in [9.17, 15) is 14.7 Å². The van der Waals surface area contributed by atoms with Crippen LogP contribution in [0.1, 0.15) is 30.7 Å². The van der Waals surface area contributed by atoms with Gasteiger partial charge in [0.05, 0.1) is 31.6 Å². The summed E-state index contributed by atoms with van der Waals surface area (Å²) < 4.78 is 16.2. The Balaban J connectivity index is 1.96. The van der Waals surface area contributed by atoms with E-state index in [1.54, 1.807) is 30.3 Å². The number of hydrogen-bond donors (Lipinski definition) is 1. The van der Waals surface area contributed by atoms with Gasteiger partial charge in [0.1, 0.15) is 5.76 Å². The smallest absolute Gasteiger partial charge is 0.289 e. The van der Waals surface area contributed by atoms with Crippen LogP contribution in [0.4, 0.5) is 0 Å². The molecule has 0 radical (unpaired) electrons. The Morgan fingerprint density at radius 3 is 2.76 bits per heavy atom. The van der Waals surface area contributed by atoms with Crippen LogP contribution in [0.15, 0.2) is 58.4 Å². The number of benzene rings is 1. The summed E-state index contributed by atoms with van der Waals surface area (Å²) >= 11 is 0. The average molecular weight is 397 g/mol. The summed E-state index contributed by atoms with van der Waals surface area (Å²) in [4.78, 5) is 26.5. The molecule has 2 aromatic rings. The molecule has 0 bridgehead atoms. The van der Waals surface area contributed by atoms with E-state index in [1.807, 2.05) is 6.92 Å². The molecule has 1 aliphatic rings. The maximum atomic E-state index is 12.8. The lowest BCUT2D eigenvalue weighted by Gasteiger charge is -2.23. The van der Waals surface area contributed by atoms with Crippen molar-refractivity contribution in [3.63, 3.8) is 0 Å². The number of carbonyl (C=O) groups excluding carboxylic acids is 2. The Hall–Kier alpha value is -3.48. The minimum atomic E-state index is -0.745. The number of amides is 1. The third-order valence-corrected chi connectivity index (χ3v) is 4.61. The molecular weight excluding hydrogens is 374 g/mol. The molecule has 1 aromatic carbocycles. The molecule has 1 atom stereocenters. The Morgan fingerprint density at radius 2 is 2.10 bits per heavy atom. The Labute approximate surface area is 168 Å². The second-order valence-corrected chi connectivity index (χ2v) is 6.55. The van der Waals surface area contributed by atoms with Gasteiger partial charge < -0.3 is 23.9 Å². The third kappa shape index (κ3) is 4.03. The molecule has 1 N–H and O–H groups in total. The second-order valence-electron chi connectivity index (χ2n) is 6.55. The Kier molecular flexibility index (Phi) is 6.07. The molecule has 152 valence electrons. The summed E-state index contributed by atoms with van der Waals surface area (Å²) in [6.07, 6.45) is 5.11. The molecule has 7 nitrogen and oxygen atoms in total. The van der Waals surface area contributed by atoms with Crippen molar-refractivity contribution < 1.29 is 28.6 Å². The van der Waals surface area contributed by atoms with Crippen LogP contribution in [0.25, 0.3) is 6.08 Å². The molecule has 3 rings (SSSR count). The van der Waals surface area contributed by atoms with Crippen LogP contribution in [0.3, 0.4) is 0 Å². The molecule has 0 spiro atoms. The first-order valence-electron chi connectivity index (χ1n) is 9.24. The van der Waals surface area contributed by atoms with Crippen molar-refractivity contribution in [3.05, 3.63) is 65.3 Å². The molecule has 0 aliphatic carbocycles. The molecular formula is C22H23NO6. The van der Waals surface area contributed by atoms with E-state index in [0.29, 0.717) is 29.4 Å². The lowest BCUT2D eigenvalue weighted by molar-refractivity contribution is -0.128. The molecule has 7 heteroatoms. The van der Waals surface area contributed by atoms with Crippen molar-refractivity contribution in [1.82, 2.24) is 4.90 Å². The minimum Gasteiger partial charge on any atom is -0.503 e.